The molecule has 12 rings (SSSR count). The minimum Gasteiger partial charge on any atom is -0.496 e. The summed E-state index contributed by atoms with van der Waals surface area (Å²) in [5.74, 6) is -14.2. The Labute approximate surface area is 740 Å². The molecular formula is C91H93F15N10O15. The van der Waals surface area contributed by atoms with Crippen molar-refractivity contribution in [2.24, 2.45) is 14.1 Å². The second kappa shape index (κ2) is 41.9. The average molecular weight is 1850 g/mol. The molecule has 0 spiro atoms. The first kappa shape index (κ1) is 100. The minimum absolute atomic E-state index is 0.0925. The smallest absolute Gasteiger partial charge is 0.408 e. The highest BCUT2D eigenvalue weighted by atomic mass is 19.4. The molecule has 6 atom stereocenters. The Balaban J connectivity index is 0.000000204. The lowest BCUT2D eigenvalue weighted by atomic mass is 9.90. The molecule has 0 saturated heterocycles. The summed E-state index contributed by atoms with van der Waals surface area (Å²) in [6.45, 7) is 14.1. The van der Waals surface area contributed by atoms with Gasteiger partial charge in [0.15, 0.2) is 5.82 Å². The molecule has 0 saturated carbocycles. The number of hydrogen-bond acceptors (Lipinski definition) is 20. The van der Waals surface area contributed by atoms with E-state index < -0.39 is 172 Å². The minimum atomic E-state index is -4.67. The monoisotopic (exact) mass is 1850 g/mol. The number of aromatic nitrogens is 4. The van der Waals surface area contributed by atoms with E-state index in [9.17, 15) is 104 Å². The van der Waals surface area contributed by atoms with Crippen LogP contribution in [0.3, 0.4) is 0 Å². The normalized spacial score (nSPS) is 14.1. The number of fused-ring (bicyclic) bond motifs is 3. The molecule has 0 bridgehead atoms. The third-order valence-corrected chi connectivity index (χ3v) is 22.7. The number of alkyl halides is 9. The number of carbonyl (C=O) groups is 6. The molecule has 0 aliphatic carbocycles. The molecule has 3 aromatic heterocycles. The third-order valence-electron chi connectivity index (χ3n) is 22.7. The van der Waals surface area contributed by atoms with Crippen LogP contribution in [-0.2, 0) is 116 Å². The van der Waals surface area contributed by atoms with E-state index in [1.165, 1.54) is 32.4 Å². The molecule has 9 aromatic rings. The molecule has 6 aromatic carbocycles. The first-order valence-corrected chi connectivity index (χ1v) is 40.7. The number of benzene rings is 6. The predicted octanol–water partition coefficient (Wildman–Crippen LogP) is 15.5. The molecule has 0 fully saturated rings. The zero-order valence-electron chi connectivity index (χ0n) is 73.2. The van der Waals surface area contributed by atoms with Gasteiger partial charge in [0.2, 0.25) is 0 Å². The van der Waals surface area contributed by atoms with E-state index in [0.29, 0.717) is 109 Å². The number of carbonyl (C=O) groups excluding carboxylic acids is 6. The molecule has 6 N–H and O–H groups in total. The topological polar surface area (TPSA) is 309 Å². The van der Waals surface area contributed by atoms with Crippen LogP contribution in [0.15, 0.2) is 101 Å². The molecule has 131 heavy (non-hydrogen) atoms. The van der Waals surface area contributed by atoms with Gasteiger partial charge in [0.1, 0.15) is 93.6 Å². The van der Waals surface area contributed by atoms with Crippen molar-refractivity contribution >= 4 is 52.7 Å². The quantitative estimate of drug-likeness (QED) is 0.0151. The van der Waals surface area contributed by atoms with E-state index >= 15 is 0 Å². The molecule has 3 aliphatic heterocycles. The summed E-state index contributed by atoms with van der Waals surface area (Å²) in [4.78, 5) is 112. The van der Waals surface area contributed by atoms with Crippen LogP contribution in [-0.4, -0.2) is 138 Å². The van der Waals surface area contributed by atoms with Crippen LogP contribution in [0.5, 0.6) is 5.75 Å². The highest BCUT2D eigenvalue weighted by Crippen LogP contribution is 2.41. The number of rotatable bonds is 28. The van der Waals surface area contributed by atoms with Crippen LogP contribution in [0.1, 0.15) is 149 Å². The van der Waals surface area contributed by atoms with Gasteiger partial charge in [-0.15, -0.1) is 0 Å². The number of nitrogens with one attached hydrogen (secondary N) is 6. The van der Waals surface area contributed by atoms with Crippen LogP contribution >= 0.6 is 0 Å². The highest BCUT2D eigenvalue weighted by Gasteiger charge is 2.43. The van der Waals surface area contributed by atoms with Gasteiger partial charge in [-0.2, -0.15) is 39.5 Å². The SMILES string of the molecule is CC[C@@H](Nc1cc(F)c(C(=O)N[C@@H](Cc2ccc(-c3c(C)cc(C)n(C)c3=O)c3c2COC3)C(=O)OC)c(F)c1)C(F)(F)F.CC[C@@H](Nc1cc(F)c(C(=O)N[C@@H](Cc2ccc(-c3c(OC)cc(C)n(C)c3=O)c3c2COC3)C(=O)OC)c(F)c1)C(F)(F)F.CC[C@@H](Nc1cc(F)c(C(=O)N[C@@H](Cc2ccc(-c3ncc(C)c(C)n3)c3c2COC3)C(=O)OC)c(F)c1)C(F)(F)F. The zero-order chi connectivity index (χ0) is 96.5. The standard InChI is InChI=1S/C31H32F5N3O6.C31H32F5N3O5.C29H29F5N4O4/c1-6-25(31(34,35)36)37-17-11-21(32)27(22(33)12-17)28(40)38-23(30(42)44-5)10-16-7-8-18(20-14-45-13-19(16)20)26-24(43-4)9-15(2)39(3)29(26)41;1-6-25(31(34,35)36)37-18-11-22(32)27(23(33)12-18)28(40)38-24(30(42)43-5)10-17-7-8-19(21-14-44-13-20(17)21)26-15(2)9-16(3)39(4)29(26)41;1-5-24(29(32,33)34)37-17-9-21(30)25(22(31)10-17)27(39)38-23(28(40)41-4)8-16-6-7-18(20-13-42-12-19(16)20)26-35-11-14(2)15(3)36-26/h7-9,11-12,23,25,37H,6,10,13-14H2,1-5H3,(H,38,40);7-9,11-12,24-25,37H,6,10,13-14H2,1-5H3,(H,38,40);6-7,9-11,23-24,37H,5,8,12-13H2,1-4H3,(H,38,39)/t23-,25+;24-,25+;23-,24+/m000/s1. The van der Waals surface area contributed by atoms with Gasteiger partial charge in [-0.05, 0) is 169 Å². The maximum absolute atomic E-state index is 14.9. The fourth-order valence-corrected chi connectivity index (χ4v) is 15.3. The van der Waals surface area contributed by atoms with E-state index in [1.54, 1.807) is 74.2 Å². The molecule has 40 heteroatoms. The second-order valence-electron chi connectivity index (χ2n) is 31.1. The Morgan fingerprint density at radius 1 is 0.420 bits per heavy atom. The number of anilines is 3. The molecule has 25 nitrogen and oxygen atoms in total. The summed E-state index contributed by atoms with van der Waals surface area (Å²) in [5, 5.41) is 13.0. The largest absolute Gasteiger partial charge is 0.496 e. The van der Waals surface area contributed by atoms with Gasteiger partial charge >= 0.3 is 36.4 Å². The van der Waals surface area contributed by atoms with Crippen molar-refractivity contribution in [3.63, 3.8) is 0 Å². The van der Waals surface area contributed by atoms with Gasteiger partial charge in [0, 0.05) is 85.3 Å². The van der Waals surface area contributed by atoms with Crippen molar-refractivity contribution in [2.45, 2.75) is 188 Å². The molecule has 6 heterocycles. The van der Waals surface area contributed by atoms with Crippen LogP contribution < -0.4 is 47.8 Å². The van der Waals surface area contributed by atoms with Crippen molar-refractivity contribution in [1.82, 2.24) is 35.1 Å². The molecule has 0 unspecified atom stereocenters. The average Bonchev–Trinajstić information content (AvgIpc) is 1.68. The second-order valence-corrected chi connectivity index (χ2v) is 31.1. The van der Waals surface area contributed by atoms with Crippen molar-refractivity contribution in [2.75, 3.05) is 44.4 Å². The number of esters is 3. The summed E-state index contributed by atoms with van der Waals surface area (Å²) >= 11 is 0. The number of hydrogen-bond donors (Lipinski definition) is 6. The lowest BCUT2D eigenvalue weighted by Gasteiger charge is -2.22. The Hall–Kier alpha value is -12.9. The molecule has 3 aliphatic rings. The van der Waals surface area contributed by atoms with Crippen LogP contribution in [0.2, 0.25) is 0 Å². The fourth-order valence-electron chi connectivity index (χ4n) is 15.3. The third kappa shape index (κ3) is 22.8. The lowest BCUT2D eigenvalue weighted by molar-refractivity contribution is -0.143. The van der Waals surface area contributed by atoms with E-state index in [0.717, 1.165) is 66.1 Å². The molecular weight excluding hydrogens is 1760 g/mol. The van der Waals surface area contributed by atoms with Gasteiger partial charge < -0.3 is 74.2 Å². The number of amides is 3. The van der Waals surface area contributed by atoms with Crippen LogP contribution in [0.25, 0.3) is 33.6 Å². The number of methoxy groups -OCH3 is 4. The number of ether oxygens (including phenoxy) is 7. The van der Waals surface area contributed by atoms with Crippen molar-refractivity contribution < 1.29 is 128 Å². The van der Waals surface area contributed by atoms with Crippen molar-refractivity contribution in [3.05, 3.63) is 242 Å². The van der Waals surface area contributed by atoms with Crippen LogP contribution in [0, 0.1) is 69.5 Å². The van der Waals surface area contributed by atoms with E-state index in [2.05, 4.69) is 25.9 Å². The number of nitrogens with zero attached hydrogens (tertiary/aromatic N) is 4. The van der Waals surface area contributed by atoms with Gasteiger partial charge in [0.05, 0.1) is 79.2 Å². The number of pyridine rings is 2. The maximum atomic E-state index is 14.9. The predicted molar refractivity (Wildman–Crippen MR) is 449 cm³/mol. The summed E-state index contributed by atoms with van der Waals surface area (Å²) < 4.78 is 247. The first-order chi connectivity index (χ1) is 61.7. The first-order valence-electron chi connectivity index (χ1n) is 40.7. The number of halogens is 15. The van der Waals surface area contributed by atoms with Crippen LogP contribution in [0.4, 0.5) is 82.9 Å². The zero-order valence-corrected chi connectivity index (χ0v) is 73.2. The maximum Gasteiger partial charge on any atom is 0.408 e. The van der Waals surface area contributed by atoms with Gasteiger partial charge in [0.25, 0.3) is 28.8 Å². The van der Waals surface area contributed by atoms with Crippen molar-refractivity contribution in [3.8, 4) is 39.4 Å². The van der Waals surface area contributed by atoms with E-state index in [4.69, 9.17) is 33.2 Å². The molecule has 0 radical (unpaired) electrons. The summed E-state index contributed by atoms with van der Waals surface area (Å²) in [5.41, 5.74) is 7.77. The summed E-state index contributed by atoms with van der Waals surface area (Å²) in [6, 6.07) is 7.08. The highest BCUT2D eigenvalue weighted by molar-refractivity contribution is 6.00. The fraction of sp³-hybridized carbons (Fsp3) is 0.385. The lowest BCUT2D eigenvalue weighted by Crippen LogP contribution is -2.43. The Kier molecular flexibility index (Phi) is 32.1. The summed E-state index contributed by atoms with van der Waals surface area (Å²) in [7, 11) is 8.02. The van der Waals surface area contributed by atoms with Gasteiger partial charge in [-0.1, -0.05) is 57.2 Å². The Morgan fingerprint density at radius 2 is 0.718 bits per heavy atom. The Morgan fingerprint density at radius 3 is 1.02 bits per heavy atom. The Bertz CT molecular complexity index is 5930. The summed E-state index contributed by atoms with van der Waals surface area (Å²) in [6.07, 6.45) is -13.8. The van der Waals surface area contributed by atoms with E-state index in [-0.39, 0.29) is 76.4 Å². The number of aryl methyl sites for hydroxylation is 5. The van der Waals surface area contributed by atoms with Gasteiger partial charge in [-0.25, -0.2) is 50.7 Å². The molecule has 3 amide bonds. The molecule has 702 valence electrons. The van der Waals surface area contributed by atoms with Crippen molar-refractivity contribution in [1.29, 1.82) is 0 Å². The van der Waals surface area contributed by atoms with E-state index in [1.807, 2.05) is 49.7 Å². The van der Waals surface area contributed by atoms with Gasteiger partial charge in [-0.3, -0.25) is 24.0 Å².